The molecule has 0 radical (unpaired) electrons. The highest BCUT2D eigenvalue weighted by Gasteiger charge is 2.36. The van der Waals surface area contributed by atoms with Crippen LogP contribution in [-0.2, 0) is 0 Å². The SMILES string of the molecule is CCCCCCC(C)(CCCCC)N1NCCC1N. The van der Waals surface area contributed by atoms with Gasteiger partial charge in [-0.25, -0.2) is 5.01 Å². The van der Waals surface area contributed by atoms with Crippen LogP contribution in [0, 0.1) is 0 Å². The Bertz CT molecular complexity index is 232. The average Bonchev–Trinajstić information content (AvgIpc) is 2.82. The highest BCUT2D eigenvalue weighted by Crippen LogP contribution is 2.30. The first kappa shape index (κ1) is 16.9. The third-order valence-corrected chi connectivity index (χ3v) is 4.52. The van der Waals surface area contributed by atoms with E-state index in [4.69, 9.17) is 5.73 Å². The van der Waals surface area contributed by atoms with E-state index >= 15 is 0 Å². The molecule has 0 aromatic carbocycles. The molecule has 0 aliphatic carbocycles. The Hall–Kier alpha value is -0.120. The fraction of sp³-hybridized carbons (Fsp3) is 1.00. The monoisotopic (exact) mass is 269 g/mol. The summed E-state index contributed by atoms with van der Waals surface area (Å²) < 4.78 is 0. The highest BCUT2D eigenvalue weighted by atomic mass is 15.6. The number of nitrogens with zero attached hydrogens (tertiary/aromatic N) is 1. The van der Waals surface area contributed by atoms with E-state index in [1.165, 1.54) is 57.8 Å². The summed E-state index contributed by atoms with van der Waals surface area (Å²) >= 11 is 0. The minimum Gasteiger partial charge on any atom is -0.315 e. The van der Waals surface area contributed by atoms with Gasteiger partial charge in [0.15, 0.2) is 0 Å². The number of hydrazine groups is 1. The molecule has 2 atom stereocenters. The van der Waals surface area contributed by atoms with Crippen molar-refractivity contribution in [3.63, 3.8) is 0 Å². The molecule has 3 N–H and O–H groups in total. The van der Waals surface area contributed by atoms with E-state index in [2.05, 4.69) is 31.2 Å². The van der Waals surface area contributed by atoms with E-state index < -0.39 is 0 Å². The van der Waals surface area contributed by atoms with Crippen LogP contribution in [0.1, 0.15) is 85.0 Å². The lowest BCUT2D eigenvalue weighted by molar-refractivity contribution is 0.0258. The van der Waals surface area contributed by atoms with Crippen LogP contribution < -0.4 is 11.2 Å². The van der Waals surface area contributed by atoms with Gasteiger partial charge in [-0.15, -0.1) is 0 Å². The lowest BCUT2D eigenvalue weighted by atomic mass is 9.87. The maximum atomic E-state index is 6.26. The third kappa shape index (κ3) is 5.41. The minimum absolute atomic E-state index is 0.206. The Morgan fingerprint density at radius 1 is 1.05 bits per heavy atom. The quantitative estimate of drug-likeness (QED) is 0.593. The van der Waals surface area contributed by atoms with Crippen LogP contribution in [0.2, 0.25) is 0 Å². The molecule has 0 aromatic heterocycles. The molecule has 0 saturated carbocycles. The summed E-state index contributed by atoms with van der Waals surface area (Å²) in [5.74, 6) is 0. The van der Waals surface area contributed by atoms with Gasteiger partial charge in [0.2, 0.25) is 0 Å². The van der Waals surface area contributed by atoms with Crippen molar-refractivity contribution in [2.45, 2.75) is 96.7 Å². The number of nitrogens with two attached hydrogens (primary N) is 1. The van der Waals surface area contributed by atoms with Crippen LogP contribution in [0.5, 0.6) is 0 Å². The smallest absolute Gasteiger partial charge is 0.0726 e. The van der Waals surface area contributed by atoms with Gasteiger partial charge in [0, 0.05) is 12.1 Å². The van der Waals surface area contributed by atoms with Gasteiger partial charge < -0.3 is 5.73 Å². The molecule has 0 amide bonds. The van der Waals surface area contributed by atoms with E-state index in [9.17, 15) is 0 Å². The zero-order valence-electron chi connectivity index (χ0n) is 13.4. The lowest BCUT2D eigenvalue weighted by Crippen LogP contribution is -2.56. The summed E-state index contributed by atoms with van der Waals surface area (Å²) in [6.07, 6.45) is 13.2. The van der Waals surface area contributed by atoms with Crippen LogP contribution >= 0.6 is 0 Å². The molecule has 1 fully saturated rings. The molecule has 19 heavy (non-hydrogen) atoms. The van der Waals surface area contributed by atoms with Crippen molar-refractivity contribution in [3.8, 4) is 0 Å². The zero-order chi connectivity index (χ0) is 14.1. The summed E-state index contributed by atoms with van der Waals surface area (Å²) in [5.41, 5.74) is 10.0. The first-order valence-corrected chi connectivity index (χ1v) is 8.42. The summed E-state index contributed by atoms with van der Waals surface area (Å²) in [5, 5.41) is 2.37. The predicted octanol–water partition coefficient (Wildman–Crippen LogP) is 3.79. The van der Waals surface area contributed by atoms with Crippen LogP contribution in [-0.4, -0.2) is 23.3 Å². The van der Waals surface area contributed by atoms with Crippen molar-refractivity contribution in [1.29, 1.82) is 0 Å². The number of nitrogens with one attached hydrogen (secondary N) is 1. The largest absolute Gasteiger partial charge is 0.315 e. The Kier molecular flexibility index (Phi) is 7.96. The second-order valence-electron chi connectivity index (χ2n) is 6.40. The van der Waals surface area contributed by atoms with Crippen LogP contribution in [0.3, 0.4) is 0 Å². The molecule has 1 aliphatic rings. The minimum atomic E-state index is 0.206. The molecule has 1 rings (SSSR count). The fourth-order valence-electron chi connectivity index (χ4n) is 3.22. The molecule has 1 heterocycles. The van der Waals surface area contributed by atoms with Gasteiger partial charge in [-0.2, -0.15) is 0 Å². The molecular weight excluding hydrogens is 234 g/mol. The fourth-order valence-corrected chi connectivity index (χ4v) is 3.22. The summed E-state index contributed by atoms with van der Waals surface area (Å²) in [4.78, 5) is 0. The number of unbranched alkanes of at least 4 members (excludes halogenated alkanes) is 5. The van der Waals surface area contributed by atoms with Gasteiger partial charge in [0.25, 0.3) is 0 Å². The van der Waals surface area contributed by atoms with Gasteiger partial charge in [-0.1, -0.05) is 58.8 Å². The second kappa shape index (κ2) is 8.93. The van der Waals surface area contributed by atoms with E-state index in [1.54, 1.807) is 0 Å². The second-order valence-corrected chi connectivity index (χ2v) is 6.40. The maximum Gasteiger partial charge on any atom is 0.0726 e. The molecule has 0 spiro atoms. The standard InChI is InChI=1S/C16H35N3/c1-4-6-8-10-13-16(3,12-9-7-5-2)19-15(17)11-14-18-19/h15,18H,4-14,17H2,1-3H3. The van der Waals surface area contributed by atoms with Crippen LogP contribution in [0.4, 0.5) is 0 Å². The predicted molar refractivity (Wildman–Crippen MR) is 83.7 cm³/mol. The van der Waals surface area contributed by atoms with Crippen molar-refractivity contribution < 1.29 is 0 Å². The molecule has 3 heteroatoms. The summed E-state index contributed by atoms with van der Waals surface area (Å²) in [7, 11) is 0. The number of hydrogen-bond acceptors (Lipinski definition) is 3. The topological polar surface area (TPSA) is 41.3 Å². The number of hydrogen-bond donors (Lipinski definition) is 2. The molecular formula is C16H35N3. The molecule has 114 valence electrons. The summed E-state index contributed by atoms with van der Waals surface area (Å²) in [6, 6.07) is 0. The lowest BCUT2D eigenvalue weighted by Gasteiger charge is -2.41. The van der Waals surface area contributed by atoms with Crippen LogP contribution in [0.25, 0.3) is 0 Å². The summed E-state index contributed by atoms with van der Waals surface area (Å²) in [6.45, 7) is 8.00. The molecule has 2 unspecified atom stereocenters. The van der Waals surface area contributed by atoms with Crippen molar-refractivity contribution in [2.24, 2.45) is 5.73 Å². The van der Waals surface area contributed by atoms with Crippen molar-refractivity contribution in [1.82, 2.24) is 10.4 Å². The Balaban J connectivity index is 2.50. The van der Waals surface area contributed by atoms with E-state index in [0.29, 0.717) is 0 Å². The Morgan fingerprint density at radius 3 is 2.16 bits per heavy atom. The molecule has 3 nitrogen and oxygen atoms in total. The molecule has 0 bridgehead atoms. The van der Waals surface area contributed by atoms with Gasteiger partial charge in [0.1, 0.15) is 0 Å². The van der Waals surface area contributed by atoms with Crippen molar-refractivity contribution in [3.05, 3.63) is 0 Å². The van der Waals surface area contributed by atoms with E-state index in [-0.39, 0.29) is 11.7 Å². The van der Waals surface area contributed by atoms with Crippen molar-refractivity contribution >= 4 is 0 Å². The zero-order valence-corrected chi connectivity index (χ0v) is 13.4. The van der Waals surface area contributed by atoms with Crippen LogP contribution in [0.15, 0.2) is 0 Å². The van der Waals surface area contributed by atoms with Gasteiger partial charge in [-0.05, 0) is 26.2 Å². The maximum absolute atomic E-state index is 6.26. The van der Waals surface area contributed by atoms with E-state index in [1.807, 2.05) is 0 Å². The first-order valence-electron chi connectivity index (χ1n) is 8.42. The normalized spacial score (nSPS) is 23.7. The average molecular weight is 269 g/mol. The molecule has 0 aromatic rings. The van der Waals surface area contributed by atoms with Gasteiger partial charge in [0.05, 0.1) is 6.17 Å². The Labute approximate surface area is 120 Å². The number of rotatable bonds is 10. The highest BCUT2D eigenvalue weighted by molar-refractivity contribution is 4.89. The van der Waals surface area contributed by atoms with Gasteiger partial charge in [-0.3, -0.25) is 5.43 Å². The van der Waals surface area contributed by atoms with E-state index in [0.717, 1.165) is 13.0 Å². The first-order chi connectivity index (χ1) is 9.14. The van der Waals surface area contributed by atoms with Gasteiger partial charge >= 0.3 is 0 Å². The van der Waals surface area contributed by atoms with Crippen molar-refractivity contribution in [2.75, 3.05) is 6.54 Å². The Morgan fingerprint density at radius 2 is 1.63 bits per heavy atom. The molecule has 1 aliphatic heterocycles. The third-order valence-electron chi connectivity index (χ3n) is 4.52. The molecule has 1 saturated heterocycles.